The minimum atomic E-state index is -0.767. The van der Waals surface area contributed by atoms with Gasteiger partial charge in [0.05, 0.1) is 5.71 Å². The first kappa shape index (κ1) is 12.8. The van der Waals surface area contributed by atoms with Crippen LogP contribution in [0.25, 0.3) is 0 Å². The number of allylic oxidation sites excluding steroid dienone is 1. The van der Waals surface area contributed by atoms with Gasteiger partial charge in [-0.2, -0.15) is 0 Å². The summed E-state index contributed by atoms with van der Waals surface area (Å²) in [4.78, 5) is 0. The van der Waals surface area contributed by atoms with E-state index in [0.29, 0.717) is 5.71 Å². The highest BCUT2D eigenvalue weighted by Gasteiger charge is 2.34. The predicted octanol–water partition coefficient (Wildman–Crippen LogP) is 2.34. The second kappa shape index (κ2) is 4.71. The molecule has 0 spiro atoms. The zero-order valence-corrected chi connectivity index (χ0v) is 10.3. The summed E-state index contributed by atoms with van der Waals surface area (Å²) in [7, 11) is 0. The number of hydrogen-bond donors (Lipinski definition) is 2. The quantitative estimate of drug-likeness (QED) is 0.405. The van der Waals surface area contributed by atoms with E-state index in [2.05, 4.69) is 30.8 Å². The molecule has 88 valence electrons. The third kappa shape index (κ3) is 2.28. The number of nitrogens with zero attached hydrogens (tertiary/aromatic N) is 1. The van der Waals surface area contributed by atoms with Gasteiger partial charge in [0.25, 0.3) is 0 Å². The van der Waals surface area contributed by atoms with Crippen molar-refractivity contribution >= 4 is 5.71 Å². The number of aliphatic hydroxyl groups excluding tert-OH is 1. The summed E-state index contributed by atoms with van der Waals surface area (Å²) in [6.07, 6.45) is 0.837. The Kier molecular flexibility index (Phi) is 3.77. The SMILES string of the molecule is CC#CC(O)C1=C(C)C(=NO)CCC1(C)C. The van der Waals surface area contributed by atoms with Crippen LogP contribution >= 0.6 is 0 Å². The highest BCUT2D eigenvalue weighted by molar-refractivity contribution is 6.01. The van der Waals surface area contributed by atoms with Gasteiger partial charge in [0.1, 0.15) is 6.10 Å². The summed E-state index contributed by atoms with van der Waals surface area (Å²) >= 11 is 0. The third-order valence-corrected chi connectivity index (χ3v) is 3.23. The van der Waals surface area contributed by atoms with Crippen molar-refractivity contribution in [2.75, 3.05) is 0 Å². The molecular formula is C13H19NO2. The van der Waals surface area contributed by atoms with E-state index in [0.717, 1.165) is 24.0 Å². The smallest absolute Gasteiger partial charge is 0.137 e. The van der Waals surface area contributed by atoms with E-state index in [1.807, 2.05) is 6.92 Å². The van der Waals surface area contributed by atoms with Crippen molar-refractivity contribution in [1.82, 2.24) is 0 Å². The summed E-state index contributed by atoms with van der Waals surface area (Å²) in [5.41, 5.74) is 2.31. The number of rotatable bonds is 1. The van der Waals surface area contributed by atoms with E-state index < -0.39 is 6.10 Å². The van der Waals surface area contributed by atoms with Gasteiger partial charge in [-0.3, -0.25) is 0 Å². The van der Waals surface area contributed by atoms with Crippen LogP contribution in [0.4, 0.5) is 0 Å². The maximum absolute atomic E-state index is 10.0. The molecule has 0 saturated carbocycles. The first-order valence-electron chi connectivity index (χ1n) is 5.47. The van der Waals surface area contributed by atoms with Crippen molar-refractivity contribution in [1.29, 1.82) is 0 Å². The van der Waals surface area contributed by atoms with Crippen LogP contribution in [0.1, 0.15) is 40.5 Å². The van der Waals surface area contributed by atoms with Crippen LogP contribution in [0.5, 0.6) is 0 Å². The predicted molar refractivity (Wildman–Crippen MR) is 64.4 cm³/mol. The van der Waals surface area contributed by atoms with E-state index in [-0.39, 0.29) is 5.41 Å². The minimum absolute atomic E-state index is 0.0957. The van der Waals surface area contributed by atoms with Crippen LogP contribution in [-0.2, 0) is 0 Å². The fourth-order valence-electron chi connectivity index (χ4n) is 2.33. The molecule has 0 aromatic rings. The Labute approximate surface area is 96.9 Å². The molecule has 0 fully saturated rings. The first-order chi connectivity index (χ1) is 7.44. The maximum atomic E-state index is 10.0. The van der Waals surface area contributed by atoms with Crippen molar-refractivity contribution in [3.05, 3.63) is 11.1 Å². The molecule has 0 heterocycles. The Morgan fingerprint density at radius 3 is 2.56 bits per heavy atom. The van der Waals surface area contributed by atoms with Gasteiger partial charge in [0.2, 0.25) is 0 Å². The number of oxime groups is 1. The molecule has 1 aliphatic carbocycles. The molecule has 0 aromatic heterocycles. The Bertz CT molecular complexity index is 394. The molecule has 0 aliphatic heterocycles. The molecule has 0 amide bonds. The summed E-state index contributed by atoms with van der Waals surface area (Å²) in [6.45, 7) is 7.75. The molecule has 1 aliphatic rings. The Hall–Kier alpha value is -1.27. The summed E-state index contributed by atoms with van der Waals surface area (Å²) in [5.74, 6) is 5.48. The van der Waals surface area contributed by atoms with Crippen LogP contribution in [-0.4, -0.2) is 22.1 Å². The topological polar surface area (TPSA) is 52.8 Å². The molecule has 1 atom stereocenters. The Morgan fingerprint density at radius 2 is 2.06 bits per heavy atom. The molecule has 1 unspecified atom stereocenters. The monoisotopic (exact) mass is 221 g/mol. The van der Waals surface area contributed by atoms with Gasteiger partial charge in [0, 0.05) is 0 Å². The normalized spacial score (nSPS) is 23.9. The Balaban J connectivity index is 3.27. The van der Waals surface area contributed by atoms with E-state index >= 15 is 0 Å². The molecule has 1 rings (SSSR count). The van der Waals surface area contributed by atoms with Crippen molar-refractivity contribution < 1.29 is 10.3 Å². The average molecular weight is 221 g/mol. The number of aliphatic hydroxyl groups is 1. The first-order valence-corrected chi connectivity index (χ1v) is 5.47. The molecule has 3 heteroatoms. The Morgan fingerprint density at radius 1 is 1.44 bits per heavy atom. The zero-order valence-electron chi connectivity index (χ0n) is 10.3. The molecule has 16 heavy (non-hydrogen) atoms. The largest absolute Gasteiger partial charge is 0.411 e. The summed E-state index contributed by atoms with van der Waals surface area (Å²) in [5, 5.41) is 22.2. The van der Waals surface area contributed by atoms with E-state index in [4.69, 9.17) is 5.21 Å². The molecule has 0 radical (unpaired) electrons. The highest BCUT2D eigenvalue weighted by atomic mass is 16.4. The second-order valence-electron chi connectivity index (χ2n) is 4.77. The van der Waals surface area contributed by atoms with Crippen molar-refractivity contribution in [3.8, 4) is 11.8 Å². The second-order valence-corrected chi connectivity index (χ2v) is 4.77. The summed E-state index contributed by atoms with van der Waals surface area (Å²) in [6, 6.07) is 0. The lowest BCUT2D eigenvalue weighted by Gasteiger charge is -2.35. The fraction of sp³-hybridized carbons (Fsp3) is 0.615. The minimum Gasteiger partial charge on any atom is -0.411 e. The zero-order chi connectivity index (χ0) is 12.3. The van der Waals surface area contributed by atoms with Crippen molar-refractivity contribution in [3.63, 3.8) is 0 Å². The third-order valence-electron chi connectivity index (χ3n) is 3.23. The standard InChI is InChI=1S/C13H19NO2/c1-5-6-11(15)12-9(2)10(14-16)7-8-13(12,3)4/h11,15-16H,7-8H2,1-4H3. The average Bonchev–Trinajstić information content (AvgIpc) is 2.17. The van der Waals surface area contributed by atoms with E-state index in [1.165, 1.54) is 0 Å². The summed E-state index contributed by atoms with van der Waals surface area (Å²) < 4.78 is 0. The highest BCUT2D eigenvalue weighted by Crippen LogP contribution is 2.40. The molecule has 2 N–H and O–H groups in total. The van der Waals surface area contributed by atoms with E-state index in [1.54, 1.807) is 6.92 Å². The van der Waals surface area contributed by atoms with Crippen molar-refractivity contribution in [2.24, 2.45) is 10.6 Å². The van der Waals surface area contributed by atoms with Gasteiger partial charge >= 0.3 is 0 Å². The lowest BCUT2D eigenvalue weighted by atomic mass is 9.70. The maximum Gasteiger partial charge on any atom is 0.137 e. The van der Waals surface area contributed by atoms with Crippen LogP contribution in [0.2, 0.25) is 0 Å². The van der Waals surface area contributed by atoms with Gasteiger partial charge in [-0.1, -0.05) is 24.9 Å². The lowest BCUT2D eigenvalue weighted by Crippen LogP contribution is -2.31. The fourth-order valence-corrected chi connectivity index (χ4v) is 2.33. The van der Waals surface area contributed by atoms with Gasteiger partial charge < -0.3 is 10.3 Å². The van der Waals surface area contributed by atoms with Gasteiger partial charge in [-0.15, -0.1) is 5.92 Å². The molecular weight excluding hydrogens is 202 g/mol. The number of hydrogen-bond acceptors (Lipinski definition) is 3. The molecule has 0 saturated heterocycles. The van der Waals surface area contributed by atoms with Crippen LogP contribution in [0.3, 0.4) is 0 Å². The van der Waals surface area contributed by atoms with Gasteiger partial charge in [0.15, 0.2) is 0 Å². The van der Waals surface area contributed by atoms with Crippen LogP contribution < -0.4 is 0 Å². The lowest BCUT2D eigenvalue weighted by molar-refractivity contribution is 0.222. The van der Waals surface area contributed by atoms with Crippen LogP contribution in [0.15, 0.2) is 16.3 Å². The van der Waals surface area contributed by atoms with Crippen molar-refractivity contribution in [2.45, 2.75) is 46.6 Å². The van der Waals surface area contributed by atoms with Gasteiger partial charge in [-0.25, -0.2) is 0 Å². The molecule has 0 aromatic carbocycles. The van der Waals surface area contributed by atoms with Gasteiger partial charge in [-0.05, 0) is 43.3 Å². The molecule has 0 bridgehead atoms. The van der Waals surface area contributed by atoms with Crippen LogP contribution in [0, 0.1) is 17.3 Å². The molecule has 3 nitrogen and oxygen atoms in total. The van der Waals surface area contributed by atoms with E-state index in [9.17, 15) is 5.11 Å².